The van der Waals surface area contributed by atoms with Gasteiger partial charge in [-0.2, -0.15) is 0 Å². The van der Waals surface area contributed by atoms with E-state index in [9.17, 15) is 5.11 Å². The first kappa shape index (κ1) is 15.8. The van der Waals surface area contributed by atoms with Crippen LogP contribution in [0.2, 0.25) is 0 Å². The van der Waals surface area contributed by atoms with Crippen molar-refractivity contribution in [2.75, 3.05) is 7.11 Å². The summed E-state index contributed by atoms with van der Waals surface area (Å²) in [6.07, 6.45) is 2.01. The third-order valence-electron chi connectivity index (χ3n) is 3.27. The molecule has 3 heteroatoms. The van der Waals surface area contributed by atoms with Gasteiger partial charge in [-0.3, -0.25) is 0 Å². The van der Waals surface area contributed by atoms with E-state index < -0.39 is 5.60 Å². The molecular weight excluding hydrogens is 328 g/mol. The lowest BCUT2D eigenvalue weighted by Gasteiger charge is -2.23. The zero-order valence-corrected chi connectivity index (χ0v) is 14.0. The van der Waals surface area contributed by atoms with Crippen molar-refractivity contribution in [1.82, 2.24) is 0 Å². The van der Waals surface area contributed by atoms with Crippen molar-refractivity contribution in [3.63, 3.8) is 0 Å². The number of benzene rings is 2. The summed E-state index contributed by atoms with van der Waals surface area (Å²) in [5, 5.41) is 10.5. The van der Waals surface area contributed by atoms with Crippen LogP contribution in [0.25, 0.3) is 11.6 Å². The molecule has 0 atom stereocenters. The molecular formula is C18H19BrO2. The predicted molar refractivity (Wildman–Crippen MR) is 91.3 cm³/mol. The molecule has 0 unspecified atom stereocenters. The monoisotopic (exact) mass is 346 g/mol. The molecule has 0 fully saturated rings. The number of ether oxygens (including phenoxy) is 1. The normalized spacial score (nSPS) is 12.3. The Labute approximate surface area is 134 Å². The molecule has 0 aliphatic rings. The molecule has 2 aromatic carbocycles. The van der Waals surface area contributed by atoms with Crippen LogP contribution in [0, 0.1) is 0 Å². The third-order valence-corrected chi connectivity index (χ3v) is 3.99. The van der Waals surface area contributed by atoms with Gasteiger partial charge in [0.05, 0.1) is 12.7 Å². The maximum atomic E-state index is 10.5. The fraction of sp³-hybridized carbons (Fsp3) is 0.222. The minimum atomic E-state index is -0.941. The van der Waals surface area contributed by atoms with Crippen LogP contribution in [0.3, 0.4) is 0 Å². The zero-order chi connectivity index (χ0) is 15.5. The van der Waals surface area contributed by atoms with Gasteiger partial charge in [-0.1, -0.05) is 46.3 Å². The Balaban J connectivity index is 2.51. The van der Waals surface area contributed by atoms with Gasteiger partial charge < -0.3 is 9.84 Å². The Hall–Kier alpha value is -1.58. The van der Waals surface area contributed by atoms with E-state index in [1.807, 2.05) is 54.6 Å². The lowest BCUT2D eigenvalue weighted by Crippen LogP contribution is -2.20. The molecule has 110 valence electrons. The SMILES string of the molecule is COc1ccc(/C(=C/c2ccccc2Br)C(C)(C)O)cc1. The topological polar surface area (TPSA) is 29.5 Å². The van der Waals surface area contributed by atoms with Crippen molar-refractivity contribution < 1.29 is 9.84 Å². The Kier molecular flexibility index (Phi) is 4.86. The van der Waals surface area contributed by atoms with Crippen LogP contribution < -0.4 is 4.74 Å². The van der Waals surface area contributed by atoms with Gasteiger partial charge in [-0.05, 0) is 54.8 Å². The van der Waals surface area contributed by atoms with Crippen molar-refractivity contribution in [3.8, 4) is 5.75 Å². The first-order valence-electron chi connectivity index (χ1n) is 6.75. The van der Waals surface area contributed by atoms with Crippen LogP contribution in [-0.4, -0.2) is 17.8 Å². The molecule has 0 spiro atoms. The number of methoxy groups -OCH3 is 1. The molecule has 2 rings (SSSR count). The van der Waals surface area contributed by atoms with Gasteiger partial charge >= 0.3 is 0 Å². The van der Waals surface area contributed by atoms with Crippen LogP contribution >= 0.6 is 15.9 Å². The number of rotatable bonds is 4. The fourth-order valence-electron chi connectivity index (χ4n) is 2.13. The average Bonchev–Trinajstić information content (AvgIpc) is 2.45. The van der Waals surface area contributed by atoms with Crippen LogP contribution in [0.1, 0.15) is 25.0 Å². The van der Waals surface area contributed by atoms with E-state index in [0.717, 1.165) is 26.9 Å². The van der Waals surface area contributed by atoms with Gasteiger partial charge in [0.25, 0.3) is 0 Å². The molecule has 1 N–H and O–H groups in total. The standard InChI is InChI=1S/C18H19BrO2/c1-18(2,20)16(12-14-6-4-5-7-17(14)19)13-8-10-15(21-3)11-9-13/h4-12,20H,1-3H3/b16-12-. The van der Waals surface area contributed by atoms with Crippen LogP contribution in [0.15, 0.2) is 53.0 Å². The van der Waals surface area contributed by atoms with Gasteiger partial charge in [0.15, 0.2) is 0 Å². The molecule has 0 aliphatic heterocycles. The summed E-state index contributed by atoms with van der Waals surface area (Å²) in [6.45, 7) is 3.58. The molecule has 0 radical (unpaired) electrons. The van der Waals surface area contributed by atoms with Gasteiger partial charge in [0, 0.05) is 4.47 Å². The summed E-state index contributed by atoms with van der Waals surface area (Å²) >= 11 is 3.54. The molecule has 0 amide bonds. The highest BCUT2D eigenvalue weighted by Crippen LogP contribution is 2.32. The molecule has 0 aliphatic carbocycles. The van der Waals surface area contributed by atoms with E-state index >= 15 is 0 Å². The van der Waals surface area contributed by atoms with Crippen LogP contribution in [0.5, 0.6) is 5.75 Å². The number of hydrogen-bond acceptors (Lipinski definition) is 2. The van der Waals surface area contributed by atoms with Gasteiger partial charge in [0.1, 0.15) is 5.75 Å². The van der Waals surface area contributed by atoms with E-state index in [1.54, 1.807) is 21.0 Å². The number of hydrogen-bond donors (Lipinski definition) is 1. The lowest BCUT2D eigenvalue weighted by molar-refractivity contribution is 0.144. The second-order valence-electron chi connectivity index (χ2n) is 5.37. The number of halogens is 1. The molecule has 0 saturated heterocycles. The van der Waals surface area contributed by atoms with Crippen molar-refractivity contribution in [3.05, 3.63) is 64.1 Å². The molecule has 0 aromatic heterocycles. The second-order valence-corrected chi connectivity index (χ2v) is 6.22. The van der Waals surface area contributed by atoms with Crippen molar-refractivity contribution in [1.29, 1.82) is 0 Å². The van der Waals surface area contributed by atoms with Crippen molar-refractivity contribution in [2.45, 2.75) is 19.4 Å². The number of aliphatic hydroxyl groups is 1. The van der Waals surface area contributed by atoms with E-state index in [-0.39, 0.29) is 0 Å². The van der Waals surface area contributed by atoms with E-state index in [0.29, 0.717) is 0 Å². The Bertz CT molecular complexity index is 637. The Morgan fingerprint density at radius 1 is 1.10 bits per heavy atom. The second kappa shape index (κ2) is 6.46. The van der Waals surface area contributed by atoms with Gasteiger partial charge in [0.2, 0.25) is 0 Å². The summed E-state index contributed by atoms with van der Waals surface area (Å²) in [7, 11) is 1.64. The molecule has 0 saturated carbocycles. The quantitative estimate of drug-likeness (QED) is 0.808. The average molecular weight is 347 g/mol. The highest BCUT2D eigenvalue weighted by atomic mass is 79.9. The Morgan fingerprint density at radius 3 is 2.24 bits per heavy atom. The zero-order valence-electron chi connectivity index (χ0n) is 12.4. The summed E-state index contributed by atoms with van der Waals surface area (Å²) in [4.78, 5) is 0. The van der Waals surface area contributed by atoms with E-state index in [1.165, 1.54) is 0 Å². The van der Waals surface area contributed by atoms with E-state index in [4.69, 9.17) is 4.74 Å². The first-order chi connectivity index (χ1) is 9.91. The molecule has 2 nitrogen and oxygen atoms in total. The summed E-state index contributed by atoms with van der Waals surface area (Å²) in [6, 6.07) is 15.7. The molecule has 0 bridgehead atoms. The third kappa shape index (κ3) is 3.96. The highest BCUT2D eigenvalue weighted by Gasteiger charge is 2.21. The molecule has 21 heavy (non-hydrogen) atoms. The maximum Gasteiger partial charge on any atom is 0.118 e. The van der Waals surface area contributed by atoms with Crippen molar-refractivity contribution in [2.24, 2.45) is 0 Å². The highest BCUT2D eigenvalue weighted by molar-refractivity contribution is 9.10. The minimum absolute atomic E-state index is 0.801. The first-order valence-corrected chi connectivity index (χ1v) is 7.54. The van der Waals surface area contributed by atoms with Gasteiger partial charge in [-0.15, -0.1) is 0 Å². The minimum Gasteiger partial charge on any atom is -0.497 e. The molecule has 0 heterocycles. The summed E-state index contributed by atoms with van der Waals surface area (Å²) in [5.41, 5.74) is 1.92. The van der Waals surface area contributed by atoms with Crippen molar-refractivity contribution >= 4 is 27.6 Å². The fourth-order valence-corrected chi connectivity index (χ4v) is 2.53. The predicted octanol–water partition coefficient (Wildman–Crippen LogP) is 4.77. The Morgan fingerprint density at radius 2 is 1.71 bits per heavy atom. The summed E-state index contributed by atoms with van der Waals surface area (Å²) in [5.74, 6) is 0.801. The van der Waals surface area contributed by atoms with Gasteiger partial charge in [-0.25, -0.2) is 0 Å². The lowest BCUT2D eigenvalue weighted by atomic mass is 9.89. The van der Waals surface area contributed by atoms with E-state index in [2.05, 4.69) is 15.9 Å². The maximum absolute atomic E-state index is 10.5. The van der Waals surface area contributed by atoms with Crippen LogP contribution in [0.4, 0.5) is 0 Å². The molecule has 2 aromatic rings. The largest absolute Gasteiger partial charge is 0.497 e. The summed E-state index contributed by atoms with van der Waals surface area (Å²) < 4.78 is 6.18. The van der Waals surface area contributed by atoms with Crippen LogP contribution in [-0.2, 0) is 0 Å². The smallest absolute Gasteiger partial charge is 0.118 e.